The second-order valence-electron chi connectivity index (χ2n) is 7.66. The molecule has 8 heteroatoms. The van der Waals surface area contributed by atoms with E-state index in [1.807, 2.05) is 4.90 Å². The maximum Gasteiger partial charge on any atom is 0.259 e. The second-order valence-corrected chi connectivity index (χ2v) is 7.66. The highest BCUT2D eigenvalue weighted by Crippen LogP contribution is 2.47. The fourth-order valence-electron chi connectivity index (χ4n) is 3.84. The van der Waals surface area contributed by atoms with Crippen LogP contribution in [-0.2, 0) is 11.3 Å². The van der Waals surface area contributed by atoms with Crippen LogP contribution in [0, 0.1) is 11.8 Å². The third-order valence-corrected chi connectivity index (χ3v) is 5.42. The highest BCUT2D eigenvalue weighted by atomic mass is 16.5. The number of nitrogens with one attached hydrogen (secondary N) is 1. The molecule has 0 bridgehead atoms. The van der Waals surface area contributed by atoms with E-state index in [0.717, 1.165) is 18.2 Å². The Hall–Kier alpha value is -2.22. The second kappa shape index (κ2) is 6.83. The molecule has 4 rings (SSSR count). The van der Waals surface area contributed by atoms with Crippen LogP contribution in [0.25, 0.3) is 0 Å². The van der Waals surface area contributed by atoms with E-state index in [2.05, 4.69) is 29.2 Å². The molecule has 1 aliphatic heterocycles. The summed E-state index contributed by atoms with van der Waals surface area (Å²) in [5.41, 5.74) is 1.04. The first kappa shape index (κ1) is 17.2. The molecule has 140 valence electrons. The Morgan fingerprint density at radius 1 is 1.42 bits per heavy atom. The van der Waals surface area contributed by atoms with Gasteiger partial charge in [-0.05, 0) is 24.7 Å². The van der Waals surface area contributed by atoms with Gasteiger partial charge in [0, 0.05) is 32.0 Å². The number of aromatic nitrogens is 4. The molecule has 2 aromatic rings. The number of likely N-dealkylation sites (tertiary alicyclic amines) is 1. The molecular formula is C18H25N5O3. The number of nitrogens with zero attached hydrogens (tertiary/aromatic N) is 4. The lowest BCUT2D eigenvalue weighted by Crippen LogP contribution is -2.29. The third kappa shape index (κ3) is 3.13. The van der Waals surface area contributed by atoms with Gasteiger partial charge in [0.1, 0.15) is 23.3 Å². The Balaban J connectivity index is 1.55. The van der Waals surface area contributed by atoms with Gasteiger partial charge in [-0.25, -0.2) is 4.98 Å². The molecule has 2 aromatic heterocycles. The molecule has 1 saturated heterocycles. The van der Waals surface area contributed by atoms with Crippen LogP contribution in [0.3, 0.4) is 0 Å². The monoisotopic (exact) mass is 359 g/mol. The van der Waals surface area contributed by atoms with Crippen molar-refractivity contribution in [3.8, 4) is 0 Å². The van der Waals surface area contributed by atoms with Gasteiger partial charge in [-0.3, -0.25) is 9.89 Å². The van der Waals surface area contributed by atoms with E-state index in [-0.39, 0.29) is 24.3 Å². The zero-order valence-corrected chi connectivity index (χ0v) is 15.4. The van der Waals surface area contributed by atoms with Crippen LogP contribution >= 0.6 is 0 Å². The van der Waals surface area contributed by atoms with E-state index in [9.17, 15) is 4.79 Å². The number of H-pyrrole nitrogens is 1. The molecule has 1 saturated carbocycles. The average Bonchev–Trinajstić information content (AvgIpc) is 3.05. The average molecular weight is 359 g/mol. The van der Waals surface area contributed by atoms with Gasteiger partial charge in [0.2, 0.25) is 0 Å². The number of hydrogen-bond acceptors (Lipinski definition) is 6. The molecule has 0 unspecified atom stereocenters. The van der Waals surface area contributed by atoms with Crippen LogP contribution in [0.4, 0.5) is 0 Å². The third-order valence-electron chi connectivity index (χ3n) is 5.42. The SMILES string of the molecule is COCc1nocc1C(=O)N1C[C@H](c2nc(C(C)C)n[nH]2)[C@@H](C2CC2)C1. The van der Waals surface area contributed by atoms with Crippen LogP contribution in [0.1, 0.15) is 66.2 Å². The Kier molecular flexibility index (Phi) is 4.52. The highest BCUT2D eigenvalue weighted by molar-refractivity contribution is 5.95. The van der Waals surface area contributed by atoms with Crippen molar-refractivity contribution in [2.24, 2.45) is 11.8 Å². The van der Waals surface area contributed by atoms with Gasteiger partial charge in [-0.2, -0.15) is 5.10 Å². The van der Waals surface area contributed by atoms with Gasteiger partial charge in [-0.1, -0.05) is 19.0 Å². The van der Waals surface area contributed by atoms with Crippen molar-refractivity contribution in [2.45, 2.75) is 45.1 Å². The lowest BCUT2D eigenvalue weighted by molar-refractivity contribution is 0.0779. The van der Waals surface area contributed by atoms with Crippen LogP contribution in [-0.4, -0.2) is 51.3 Å². The smallest absolute Gasteiger partial charge is 0.259 e. The normalized spacial score (nSPS) is 23.2. The summed E-state index contributed by atoms with van der Waals surface area (Å²) in [6.07, 6.45) is 3.88. The van der Waals surface area contributed by atoms with E-state index in [1.54, 1.807) is 7.11 Å². The van der Waals surface area contributed by atoms with Gasteiger partial charge in [-0.15, -0.1) is 0 Å². The lowest BCUT2D eigenvalue weighted by atomic mass is 9.91. The fraction of sp³-hybridized carbons (Fsp3) is 0.667. The maximum atomic E-state index is 13.0. The number of aromatic amines is 1. The summed E-state index contributed by atoms with van der Waals surface area (Å²) in [5, 5.41) is 11.4. The molecule has 2 atom stereocenters. The minimum atomic E-state index is -0.0463. The molecule has 1 amide bonds. The standard InChI is InChI=1S/C18H25N5O3/c1-10(2)16-19-17(21-20-16)13-7-23(6-12(13)11-4-5-11)18(24)14-8-26-22-15(14)9-25-3/h8,10-13H,4-7,9H2,1-3H3,(H,19,20,21)/t12-,13+/m1/s1. The number of carbonyl (C=O) groups excluding carboxylic acids is 1. The molecule has 26 heavy (non-hydrogen) atoms. The molecule has 1 aliphatic carbocycles. The summed E-state index contributed by atoms with van der Waals surface area (Å²) in [7, 11) is 1.58. The van der Waals surface area contributed by atoms with Gasteiger partial charge in [0.05, 0.1) is 6.61 Å². The Bertz CT molecular complexity index is 779. The van der Waals surface area contributed by atoms with Crippen LogP contribution in [0.2, 0.25) is 0 Å². The first-order valence-corrected chi connectivity index (χ1v) is 9.22. The number of carbonyl (C=O) groups is 1. The van der Waals surface area contributed by atoms with E-state index < -0.39 is 0 Å². The summed E-state index contributed by atoms with van der Waals surface area (Å²) in [4.78, 5) is 19.6. The minimum Gasteiger partial charge on any atom is -0.378 e. The van der Waals surface area contributed by atoms with E-state index in [1.165, 1.54) is 19.1 Å². The molecule has 8 nitrogen and oxygen atoms in total. The maximum absolute atomic E-state index is 13.0. The van der Waals surface area contributed by atoms with Crippen molar-refractivity contribution in [1.29, 1.82) is 0 Å². The van der Waals surface area contributed by atoms with Gasteiger partial charge in [0.15, 0.2) is 5.82 Å². The number of ether oxygens (including phenoxy) is 1. The van der Waals surface area contributed by atoms with Crippen molar-refractivity contribution in [3.63, 3.8) is 0 Å². The molecule has 0 radical (unpaired) electrons. The topological polar surface area (TPSA) is 97.1 Å². The molecule has 2 fully saturated rings. The largest absolute Gasteiger partial charge is 0.378 e. The molecule has 3 heterocycles. The fourth-order valence-corrected chi connectivity index (χ4v) is 3.84. The summed E-state index contributed by atoms with van der Waals surface area (Å²) >= 11 is 0. The first-order valence-electron chi connectivity index (χ1n) is 9.22. The Morgan fingerprint density at radius 2 is 2.23 bits per heavy atom. The quantitative estimate of drug-likeness (QED) is 0.850. The Morgan fingerprint density at radius 3 is 2.88 bits per heavy atom. The van der Waals surface area contributed by atoms with E-state index in [4.69, 9.17) is 14.2 Å². The number of hydrogen-bond donors (Lipinski definition) is 1. The van der Waals surface area contributed by atoms with Crippen LogP contribution in [0.15, 0.2) is 10.8 Å². The first-order chi connectivity index (χ1) is 12.6. The van der Waals surface area contributed by atoms with Crippen LogP contribution in [0.5, 0.6) is 0 Å². The summed E-state index contributed by atoms with van der Waals surface area (Å²) < 4.78 is 10.1. The predicted molar refractivity (Wildman–Crippen MR) is 92.5 cm³/mol. The Labute approximate surface area is 152 Å². The van der Waals surface area contributed by atoms with Crippen molar-refractivity contribution in [3.05, 3.63) is 29.2 Å². The molecule has 0 spiro atoms. The van der Waals surface area contributed by atoms with E-state index >= 15 is 0 Å². The lowest BCUT2D eigenvalue weighted by Gasteiger charge is -2.15. The number of rotatable bonds is 6. The minimum absolute atomic E-state index is 0.0463. The highest BCUT2D eigenvalue weighted by Gasteiger charge is 2.46. The summed E-state index contributed by atoms with van der Waals surface area (Å²) in [6, 6.07) is 0. The van der Waals surface area contributed by atoms with Gasteiger partial charge >= 0.3 is 0 Å². The summed E-state index contributed by atoms with van der Waals surface area (Å²) in [6.45, 7) is 5.81. The van der Waals surface area contributed by atoms with Crippen molar-refractivity contribution in [2.75, 3.05) is 20.2 Å². The van der Waals surface area contributed by atoms with E-state index in [0.29, 0.717) is 29.6 Å². The molecule has 1 N–H and O–H groups in total. The summed E-state index contributed by atoms with van der Waals surface area (Å²) in [5.74, 6) is 3.28. The predicted octanol–water partition coefficient (Wildman–Crippen LogP) is 2.33. The van der Waals surface area contributed by atoms with Crippen molar-refractivity contribution >= 4 is 5.91 Å². The molecular weight excluding hydrogens is 334 g/mol. The van der Waals surface area contributed by atoms with Crippen molar-refractivity contribution < 1.29 is 14.1 Å². The van der Waals surface area contributed by atoms with Crippen molar-refractivity contribution in [1.82, 2.24) is 25.2 Å². The van der Waals surface area contributed by atoms with Gasteiger partial charge < -0.3 is 14.2 Å². The molecule has 0 aromatic carbocycles. The van der Waals surface area contributed by atoms with Crippen LogP contribution < -0.4 is 0 Å². The number of amides is 1. The number of methoxy groups -OCH3 is 1. The zero-order valence-electron chi connectivity index (χ0n) is 15.4. The molecule has 2 aliphatic rings. The zero-order chi connectivity index (χ0) is 18.3. The van der Waals surface area contributed by atoms with Gasteiger partial charge in [0.25, 0.3) is 5.91 Å².